The van der Waals surface area contributed by atoms with Gasteiger partial charge in [0.05, 0.1) is 18.8 Å². The summed E-state index contributed by atoms with van der Waals surface area (Å²) in [6.07, 6.45) is 0. The normalized spacial score (nSPS) is 11.2. The number of nitrogens with zero attached hydrogens (tertiary/aromatic N) is 3. The Morgan fingerprint density at radius 3 is 2.86 bits per heavy atom. The summed E-state index contributed by atoms with van der Waals surface area (Å²) in [4.78, 5) is 4.42. The predicted octanol–water partition coefficient (Wildman–Crippen LogP) is 2.90. The summed E-state index contributed by atoms with van der Waals surface area (Å²) < 4.78 is 12.8. The number of nitrogens with one attached hydrogen (secondary N) is 1. The number of benzene rings is 1. The zero-order valence-corrected chi connectivity index (χ0v) is 13.1. The van der Waals surface area contributed by atoms with Gasteiger partial charge in [-0.2, -0.15) is 10.1 Å². The van der Waals surface area contributed by atoms with E-state index in [9.17, 15) is 0 Å². The van der Waals surface area contributed by atoms with Gasteiger partial charge in [-0.15, -0.1) is 0 Å². The van der Waals surface area contributed by atoms with Crippen molar-refractivity contribution in [2.24, 2.45) is 0 Å². The minimum absolute atomic E-state index is 0.532. The summed E-state index contributed by atoms with van der Waals surface area (Å²) in [6, 6.07) is 8.26. The van der Waals surface area contributed by atoms with E-state index < -0.39 is 0 Å². The lowest BCUT2D eigenvalue weighted by Crippen LogP contribution is -2.08. The van der Waals surface area contributed by atoms with E-state index in [4.69, 9.17) is 9.15 Å². The average molecular weight is 300 g/mol. The highest BCUT2D eigenvalue weighted by atomic mass is 16.5. The van der Waals surface area contributed by atoms with E-state index >= 15 is 0 Å². The molecule has 3 aromatic rings. The first kappa shape index (κ1) is 14.6. The fraction of sp³-hybridized carbons (Fsp3) is 0.375. The molecule has 2 aromatic heterocycles. The molecule has 1 N–H and O–H groups in total. The Morgan fingerprint density at radius 2 is 2.09 bits per heavy atom. The Labute approximate surface area is 129 Å². The van der Waals surface area contributed by atoms with Crippen molar-refractivity contribution in [2.75, 3.05) is 19.0 Å². The van der Waals surface area contributed by atoms with Crippen LogP contribution in [-0.2, 0) is 17.8 Å². The van der Waals surface area contributed by atoms with Crippen molar-refractivity contribution in [3.63, 3.8) is 0 Å². The van der Waals surface area contributed by atoms with Gasteiger partial charge in [0.15, 0.2) is 5.58 Å². The second-order valence-electron chi connectivity index (χ2n) is 5.21. The van der Waals surface area contributed by atoms with Gasteiger partial charge in [0.1, 0.15) is 5.52 Å². The molecule has 2 heterocycles. The van der Waals surface area contributed by atoms with E-state index in [1.807, 2.05) is 35.9 Å². The lowest BCUT2D eigenvalue weighted by molar-refractivity contribution is 0.182. The van der Waals surface area contributed by atoms with E-state index in [2.05, 4.69) is 22.3 Å². The molecule has 0 bridgehead atoms. The van der Waals surface area contributed by atoms with Crippen LogP contribution in [0.4, 0.5) is 6.01 Å². The van der Waals surface area contributed by atoms with Crippen molar-refractivity contribution in [3.8, 4) is 0 Å². The third-order valence-corrected chi connectivity index (χ3v) is 3.75. The topological polar surface area (TPSA) is 65.1 Å². The van der Waals surface area contributed by atoms with Crippen LogP contribution >= 0.6 is 0 Å². The molecule has 0 spiro atoms. The first-order valence-corrected chi connectivity index (χ1v) is 7.30. The molecule has 0 fully saturated rings. The number of oxazole rings is 1. The molecule has 0 aliphatic rings. The molecule has 0 atom stereocenters. The summed E-state index contributed by atoms with van der Waals surface area (Å²) in [6.45, 7) is 6.13. The van der Waals surface area contributed by atoms with Crippen LogP contribution in [0.25, 0.3) is 11.1 Å². The van der Waals surface area contributed by atoms with Crippen LogP contribution in [0.3, 0.4) is 0 Å². The molecule has 22 heavy (non-hydrogen) atoms. The standard InChI is InChI=1S/C16H20N4O2/c1-11-13(12(2)20(19-11)8-9-21-3)10-17-16-18-14-6-4-5-7-15(14)22-16/h4-7H,8-10H2,1-3H3,(H,17,18). The van der Waals surface area contributed by atoms with Gasteiger partial charge in [0.2, 0.25) is 0 Å². The maximum atomic E-state index is 5.67. The number of para-hydroxylation sites is 2. The van der Waals surface area contributed by atoms with Crippen molar-refractivity contribution in [1.82, 2.24) is 14.8 Å². The lowest BCUT2D eigenvalue weighted by atomic mass is 10.2. The minimum Gasteiger partial charge on any atom is -0.424 e. The SMILES string of the molecule is COCCn1nc(C)c(CNc2nc3ccccc3o2)c1C. The van der Waals surface area contributed by atoms with Gasteiger partial charge in [-0.1, -0.05) is 12.1 Å². The van der Waals surface area contributed by atoms with Gasteiger partial charge in [-0.25, -0.2) is 0 Å². The molecule has 0 amide bonds. The summed E-state index contributed by atoms with van der Waals surface area (Å²) in [5.74, 6) is 0. The van der Waals surface area contributed by atoms with Gasteiger partial charge in [0.25, 0.3) is 6.01 Å². The zero-order chi connectivity index (χ0) is 15.5. The number of fused-ring (bicyclic) bond motifs is 1. The molecule has 0 radical (unpaired) electrons. The first-order valence-electron chi connectivity index (χ1n) is 7.30. The Bertz CT molecular complexity index is 743. The highest BCUT2D eigenvalue weighted by Gasteiger charge is 2.12. The van der Waals surface area contributed by atoms with E-state index in [1.165, 1.54) is 5.56 Å². The number of aromatic nitrogens is 3. The Morgan fingerprint density at radius 1 is 1.27 bits per heavy atom. The number of hydrogen-bond acceptors (Lipinski definition) is 5. The highest BCUT2D eigenvalue weighted by molar-refractivity contribution is 5.74. The Balaban J connectivity index is 1.74. The van der Waals surface area contributed by atoms with Gasteiger partial charge >= 0.3 is 0 Å². The number of ether oxygens (including phenoxy) is 1. The Hall–Kier alpha value is -2.34. The van der Waals surface area contributed by atoms with Crippen LogP contribution < -0.4 is 5.32 Å². The molecule has 6 nitrogen and oxygen atoms in total. The molecule has 0 saturated heterocycles. The molecule has 6 heteroatoms. The number of hydrogen-bond donors (Lipinski definition) is 1. The first-order chi connectivity index (χ1) is 10.7. The lowest BCUT2D eigenvalue weighted by Gasteiger charge is -2.05. The van der Waals surface area contributed by atoms with Crippen molar-refractivity contribution in [3.05, 3.63) is 41.2 Å². The quantitative estimate of drug-likeness (QED) is 0.758. The summed E-state index contributed by atoms with van der Waals surface area (Å²) in [7, 11) is 1.70. The van der Waals surface area contributed by atoms with Crippen molar-refractivity contribution >= 4 is 17.1 Å². The minimum atomic E-state index is 0.532. The van der Waals surface area contributed by atoms with Crippen LogP contribution in [0.15, 0.2) is 28.7 Å². The zero-order valence-electron chi connectivity index (χ0n) is 13.1. The molecular formula is C16H20N4O2. The van der Waals surface area contributed by atoms with Gasteiger partial charge in [-0.05, 0) is 26.0 Å². The summed E-state index contributed by atoms with van der Waals surface area (Å²) in [5.41, 5.74) is 4.96. The molecule has 116 valence electrons. The van der Waals surface area contributed by atoms with Crippen molar-refractivity contribution in [1.29, 1.82) is 0 Å². The highest BCUT2D eigenvalue weighted by Crippen LogP contribution is 2.20. The van der Waals surface area contributed by atoms with Crippen LogP contribution in [0.5, 0.6) is 0 Å². The number of aryl methyl sites for hydroxylation is 1. The fourth-order valence-electron chi connectivity index (χ4n) is 2.50. The second-order valence-corrected chi connectivity index (χ2v) is 5.21. The number of methoxy groups -OCH3 is 1. The maximum Gasteiger partial charge on any atom is 0.295 e. The van der Waals surface area contributed by atoms with E-state index in [0.717, 1.165) is 29.0 Å². The Kier molecular flexibility index (Phi) is 4.11. The average Bonchev–Trinajstić information content (AvgIpc) is 3.04. The number of anilines is 1. The van der Waals surface area contributed by atoms with Gasteiger partial charge in [0, 0.05) is 24.9 Å². The van der Waals surface area contributed by atoms with Crippen LogP contribution in [0.2, 0.25) is 0 Å². The number of rotatable bonds is 6. The van der Waals surface area contributed by atoms with Crippen LogP contribution in [-0.4, -0.2) is 28.5 Å². The smallest absolute Gasteiger partial charge is 0.295 e. The fourth-order valence-corrected chi connectivity index (χ4v) is 2.50. The third kappa shape index (κ3) is 2.82. The largest absolute Gasteiger partial charge is 0.424 e. The molecule has 1 aromatic carbocycles. The molecule has 0 aliphatic heterocycles. The van der Waals surface area contributed by atoms with E-state index in [1.54, 1.807) is 7.11 Å². The van der Waals surface area contributed by atoms with Crippen molar-refractivity contribution in [2.45, 2.75) is 26.9 Å². The van der Waals surface area contributed by atoms with E-state index in [-0.39, 0.29) is 0 Å². The van der Waals surface area contributed by atoms with Crippen LogP contribution in [0.1, 0.15) is 17.0 Å². The second kappa shape index (κ2) is 6.19. The molecule has 0 aliphatic carbocycles. The molecule has 3 rings (SSSR count). The van der Waals surface area contributed by atoms with Crippen LogP contribution in [0, 0.1) is 13.8 Å². The third-order valence-electron chi connectivity index (χ3n) is 3.75. The monoisotopic (exact) mass is 300 g/mol. The van der Waals surface area contributed by atoms with Gasteiger partial charge in [-0.3, -0.25) is 4.68 Å². The summed E-state index contributed by atoms with van der Waals surface area (Å²) in [5, 5.41) is 7.79. The van der Waals surface area contributed by atoms with Crippen molar-refractivity contribution < 1.29 is 9.15 Å². The van der Waals surface area contributed by atoms with E-state index in [0.29, 0.717) is 19.2 Å². The predicted molar refractivity (Wildman–Crippen MR) is 84.9 cm³/mol. The molecular weight excluding hydrogens is 280 g/mol. The maximum absolute atomic E-state index is 5.67. The molecule has 0 unspecified atom stereocenters. The molecule has 0 saturated carbocycles. The summed E-state index contributed by atoms with van der Waals surface area (Å²) >= 11 is 0. The van der Waals surface area contributed by atoms with Gasteiger partial charge < -0.3 is 14.5 Å².